The fraction of sp³-hybridized carbons (Fsp3) is 0.167. The molecule has 3 aromatic heterocycles. The number of fused-ring (bicyclic) bond motifs is 2. The molecule has 0 fully saturated rings. The number of hydrogen-bond acceptors (Lipinski definition) is 4. The van der Waals surface area contributed by atoms with E-state index in [1.165, 1.54) is 17.4 Å². The second-order valence-electron chi connectivity index (χ2n) is 5.86. The van der Waals surface area contributed by atoms with E-state index in [1.807, 2.05) is 35.7 Å². The van der Waals surface area contributed by atoms with Crippen molar-refractivity contribution in [2.45, 2.75) is 13.3 Å². The summed E-state index contributed by atoms with van der Waals surface area (Å²) in [5.41, 5.74) is 2.95. The zero-order valence-corrected chi connectivity index (χ0v) is 14.4. The summed E-state index contributed by atoms with van der Waals surface area (Å²) < 4.78 is 1.60. The van der Waals surface area contributed by atoms with Crippen LogP contribution in [0.15, 0.2) is 46.6 Å². The summed E-state index contributed by atoms with van der Waals surface area (Å²) in [6, 6.07) is 11.1. The van der Waals surface area contributed by atoms with Crippen molar-refractivity contribution in [3.63, 3.8) is 0 Å². The van der Waals surface area contributed by atoms with Crippen LogP contribution in [0.25, 0.3) is 15.9 Å². The van der Waals surface area contributed by atoms with E-state index in [-0.39, 0.29) is 11.5 Å². The molecule has 4 rings (SSSR count). The number of aromatic nitrogens is 3. The third-order valence-electron chi connectivity index (χ3n) is 4.04. The van der Waals surface area contributed by atoms with Gasteiger partial charge in [-0.1, -0.05) is 18.2 Å². The molecule has 0 radical (unpaired) electrons. The van der Waals surface area contributed by atoms with Crippen molar-refractivity contribution in [3.8, 4) is 0 Å². The molecule has 25 heavy (non-hydrogen) atoms. The molecule has 7 heteroatoms. The number of aryl methyl sites for hydroxylation is 1. The highest BCUT2D eigenvalue weighted by Crippen LogP contribution is 2.15. The zero-order chi connectivity index (χ0) is 17.4. The Labute approximate surface area is 147 Å². The number of nitrogens with one attached hydrogen (secondary N) is 2. The highest BCUT2D eigenvalue weighted by atomic mass is 32.1. The number of hydrogen-bond donors (Lipinski definition) is 2. The van der Waals surface area contributed by atoms with Gasteiger partial charge >= 0.3 is 0 Å². The Morgan fingerprint density at radius 1 is 1.32 bits per heavy atom. The van der Waals surface area contributed by atoms with Gasteiger partial charge in [-0.3, -0.25) is 14.0 Å². The second kappa shape index (κ2) is 6.18. The van der Waals surface area contributed by atoms with Crippen molar-refractivity contribution in [2.24, 2.45) is 0 Å². The molecular formula is C18H16N4O2S. The van der Waals surface area contributed by atoms with Gasteiger partial charge in [0.25, 0.3) is 11.5 Å². The minimum absolute atomic E-state index is 0.0827. The van der Waals surface area contributed by atoms with Crippen LogP contribution < -0.4 is 10.9 Å². The Balaban J connectivity index is 1.47. The van der Waals surface area contributed by atoms with Crippen LogP contribution in [0.2, 0.25) is 0 Å². The molecule has 0 unspecified atom stereocenters. The molecule has 0 aliphatic carbocycles. The fourth-order valence-electron chi connectivity index (χ4n) is 2.85. The summed E-state index contributed by atoms with van der Waals surface area (Å²) in [5.74, 6) is -0.156. The Hall–Kier alpha value is -2.93. The van der Waals surface area contributed by atoms with E-state index in [9.17, 15) is 9.59 Å². The Morgan fingerprint density at radius 2 is 2.16 bits per heavy atom. The van der Waals surface area contributed by atoms with E-state index in [4.69, 9.17) is 0 Å². The minimum Gasteiger partial charge on any atom is -0.351 e. The van der Waals surface area contributed by atoms with Crippen molar-refractivity contribution >= 4 is 33.1 Å². The summed E-state index contributed by atoms with van der Waals surface area (Å²) in [6.07, 6.45) is 0.566. The summed E-state index contributed by atoms with van der Waals surface area (Å²) in [5, 5.41) is 5.81. The average molecular weight is 352 g/mol. The second-order valence-corrected chi connectivity index (χ2v) is 6.69. The summed E-state index contributed by atoms with van der Waals surface area (Å²) in [7, 11) is 0. The maximum absolute atomic E-state index is 12.3. The molecule has 0 bridgehead atoms. The lowest BCUT2D eigenvalue weighted by molar-refractivity contribution is 0.0950. The summed E-state index contributed by atoms with van der Waals surface area (Å²) in [6.45, 7) is 2.25. The van der Waals surface area contributed by atoms with Gasteiger partial charge in [0.15, 0.2) is 4.96 Å². The van der Waals surface area contributed by atoms with Gasteiger partial charge < -0.3 is 10.3 Å². The first-order valence-corrected chi connectivity index (χ1v) is 8.82. The molecule has 1 amide bonds. The molecule has 6 nitrogen and oxygen atoms in total. The molecule has 0 aliphatic rings. The van der Waals surface area contributed by atoms with Crippen molar-refractivity contribution in [2.75, 3.05) is 6.54 Å². The Morgan fingerprint density at radius 3 is 3.00 bits per heavy atom. The van der Waals surface area contributed by atoms with E-state index < -0.39 is 0 Å². The van der Waals surface area contributed by atoms with Gasteiger partial charge in [-0.15, -0.1) is 11.3 Å². The van der Waals surface area contributed by atoms with Crippen LogP contribution in [0.5, 0.6) is 0 Å². The van der Waals surface area contributed by atoms with Crippen LogP contribution in [-0.4, -0.2) is 26.8 Å². The Bertz CT molecular complexity index is 1110. The zero-order valence-electron chi connectivity index (χ0n) is 13.6. The lowest BCUT2D eigenvalue weighted by atomic mass is 10.2. The van der Waals surface area contributed by atoms with Crippen molar-refractivity contribution in [1.29, 1.82) is 0 Å². The largest absolute Gasteiger partial charge is 0.351 e. The van der Waals surface area contributed by atoms with E-state index in [1.54, 1.807) is 11.3 Å². The number of para-hydroxylation sites is 1. The molecule has 3 heterocycles. The molecule has 2 N–H and O–H groups in total. The van der Waals surface area contributed by atoms with Gasteiger partial charge in [-0.25, -0.2) is 4.98 Å². The number of rotatable bonds is 4. The van der Waals surface area contributed by atoms with Crippen LogP contribution in [0.4, 0.5) is 0 Å². The quantitative estimate of drug-likeness (QED) is 0.592. The molecule has 0 spiro atoms. The SMILES string of the molecule is Cc1cc(=O)n2c(CCNC(=O)c3cc4ccccc4[nH]3)csc2n1. The number of benzene rings is 1. The first kappa shape index (κ1) is 15.6. The van der Waals surface area contributed by atoms with Crippen molar-refractivity contribution in [3.05, 3.63) is 69.2 Å². The predicted octanol–water partition coefficient (Wildman–Crippen LogP) is 2.52. The van der Waals surface area contributed by atoms with Gasteiger partial charge in [0.05, 0.1) is 0 Å². The number of amides is 1. The Kier molecular flexibility index (Phi) is 3.85. The highest BCUT2D eigenvalue weighted by molar-refractivity contribution is 7.15. The fourth-order valence-corrected chi connectivity index (χ4v) is 3.83. The monoisotopic (exact) mass is 352 g/mol. The standard InChI is InChI=1S/C18H16N4O2S/c1-11-8-16(23)22-13(10-25-18(22)20-11)6-7-19-17(24)15-9-12-4-2-3-5-14(12)21-15/h2-5,8-10,21H,6-7H2,1H3,(H,19,24). The average Bonchev–Trinajstić information content (AvgIpc) is 3.18. The van der Waals surface area contributed by atoms with Crippen molar-refractivity contribution in [1.82, 2.24) is 19.7 Å². The molecule has 0 saturated carbocycles. The molecule has 0 saturated heterocycles. The van der Waals surface area contributed by atoms with Crippen LogP contribution in [0, 0.1) is 6.92 Å². The van der Waals surface area contributed by atoms with Gasteiger partial charge in [-0.05, 0) is 19.1 Å². The molecule has 4 aromatic rings. The van der Waals surface area contributed by atoms with Crippen LogP contribution in [0.1, 0.15) is 21.9 Å². The van der Waals surface area contributed by atoms with Gasteiger partial charge in [-0.2, -0.15) is 0 Å². The lowest BCUT2D eigenvalue weighted by Crippen LogP contribution is -2.27. The van der Waals surface area contributed by atoms with Crippen LogP contribution >= 0.6 is 11.3 Å². The molecule has 0 aliphatic heterocycles. The van der Waals surface area contributed by atoms with E-state index in [0.29, 0.717) is 29.3 Å². The number of carbonyl (C=O) groups is 1. The number of carbonyl (C=O) groups excluding carboxylic acids is 1. The smallest absolute Gasteiger partial charge is 0.267 e. The van der Waals surface area contributed by atoms with E-state index in [0.717, 1.165) is 16.6 Å². The first-order valence-electron chi connectivity index (χ1n) is 7.94. The topological polar surface area (TPSA) is 79.3 Å². The number of H-pyrrole nitrogens is 1. The maximum atomic E-state index is 12.3. The number of thiazole rings is 1. The first-order chi connectivity index (χ1) is 12.1. The normalized spacial score (nSPS) is 11.2. The third kappa shape index (κ3) is 2.94. The number of aromatic amines is 1. The van der Waals surface area contributed by atoms with Gasteiger partial charge in [0.2, 0.25) is 0 Å². The minimum atomic E-state index is -0.156. The third-order valence-corrected chi connectivity index (χ3v) is 4.92. The van der Waals surface area contributed by atoms with Crippen LogP contribution in [0.3, 0.4) is 0 Å². The van der Waals surface area contributed by atoms with Crippen molar-refractivity contribution < 1.29 is 4.79 Å². The maximum Gasteiger partial charge on any atom is 0.267 e. The van der Waals surface area contributed by atoms with E-state index in [2.05, 4.69) is 15.3 Å². The summed E-state index contributed by atoms with van der Waals surface area (Å²) >= 11 is 1.43. The van der Waals surface area contributed by atoms with Crippen LogP contribution in [-0.2, 0) is 6.42 Å². The van der Waals surface area contributed by atoms with Gasteiger partial charge in [0.1, 0.15) is 5.69 Å². The molecule has 126 valence electrons. The predicted molar refractivity (Wildman–Crippen MR) is 98.4 cm³/mol. The summed E-state index contributed by atoms with van der Waals surface area (Å²) in [4.78, 5) is 32.6. The molecule has 0 atom stereocenters. The van der Waals surface area contributed by atoms with E-state index >= 15 is 0 Å². The van der Waals surface area contributed by atoms with Gasteiger partial charge in [0, 0.05) is 46.7 Å². The highest BCUT2D eigenvalue weighted by Gasteiger charge is 2.11. The molecular weight excluding hydrogens is 336 g/mol. The number of nitrogens with zero attached hydrogens (tertiary/aromatic N) is 2. The lowest BCUT2D eigenvalue weighted by Gasteiger charge is -2.04. The molecule has 1 aromatic carbocycles.